The van der Waals surface area contributed by atoms with E-state index in [0.29, 0.717) is 12.8 Å². The molecule has 0 spiro atoms. The SMILES string of the molecule is CC(C)=CC(O)C/C(C)=C/CC/C(C)=C/Cc1c(C)[nH]c2ccccc2c1=O. The highest BCUT2D eigenvalue weighted by Crippen LogP contribution is 2.15. The van der Waals surface area contributed by atoms with Gasteiger partial charge in [0.15, 0.2) is 5.43 Å². The van der Waals surface area contributed by atoms with Crippen LogP contribution in [0.3, 0.4) is 0 Å². The van der Waals surface area contributed by atoms with Crippen LogP contribution in [0.4, 0.5) is 0 Å². The molecule has 0 aliphatic rings. The molecule has 0 bridgehead atoms. The number of hydrogen-bond acceptors (Lipinski definition) is 2. The number of aliphatic hydroxyl groups is 1. The molecule has 1 unspecified atom stereocenters. The molecule has 0 radical (unpaired) electrons. The molecule has 1 aromatic carbocycles. The van der Waals surface area contributed by atoms with E-state index in [9.17, 15) is 9.90 Å². The van der Waals surface area contributed by atoms with Gasteiger partial charge < -0.3 is 10.1 Å². The number of allylic oxidation sites excluding steroid dienone is 4. The van der Waals surface area contributed by atoms with Crippen LogP contribution in [0.5, 0.6) is 0 Å². The van der Waals surface area contributed by atoms with Crippen LogP contribution in [0, 0.1) is 6.92 Å². The van der Waals surface area contributed by atoms with Crippen molar-refractivity contribution in [3.05, 3.63) is 80.7 Å². The number of H-pyrrole nitrogens is 1. The van der Waals surface area contributed by atoms with Crippen LogP contribution >= 0.6 is 0 Å². The zero-order chi connectivity index (χ0) is 20.7. The van der Waals surface area contributed by atoms with Gasteiger partial charge in [-0.1, -0.05) is 47.1 Å². The number of fused-ring (bicyclic) bond motifs is 1. The van der Waals surface area contributed by atoms with Gasteiger partial charge in [0, 0.05) is 22.2 Å². The summed E-state index contributed by atoms with van der Waals surface area (Å²) < 4.78 is 0. The first kappa shape index (κ1) is 21.9. The van der Waals surface area contributed by atoms with Gasteiger partial charge in [-0.15, -0.1) is 0 Å². The van der Waals surface area contributed by atoms with Crippen LogP contribution in [0.25, 0.3) is 10.9 Å². The molecule has 2 N–H and O–H groups in total. The fourth-order valence-corrected chi connectivity index (χ4v) is 3.43. The minimum absolute atomic E-state index is 0.125. The van der Waals surface area contributed by atoms with E-state index in [-0.39, 0.29) is 5.43 Å². The van der Waals surface area contributed by atoms with E-state index in [1.54, 1.807) is 0 Å². The van der Waals surface area contributed by atoms with E-state index in [0.717, 1.165) is 40.6 Å². The molecule has 0 fully saturated rings. The smallest absolute Gasteiger partial charge is 0.193 e. The number of hydrogen-bond donors (Lipinski definition) is 2. The highest BCUT2D eigenvalue weighted by molar-refractivity contribution is 5.79. The van der Waals surface area contributed by atoms with Crippen molar-refractivity contribution in [2.45, 2.75) is 66.4 Å². The molecular formula is C25H33NO2. The van der Waals surface area contributed by atoms with Crippen molar-refractivity contribution in [1.29, 1.82) is 0 Å². The van der Waals surface area contributed by atoms with E-state index in [2.05, 4.69) is 31.0 Å². The lowest BCUT2D eigenvalue weighted by atomic mass is 10.0. The maximum atomic E-state index is 12.8. The molecule has 28 heavy (non-hydrogen) atoms. The van der Waals surface area contributed by atoms with Gasteiger partial charge in [-0.3, -0.25) is 4.79 Å². The third kappa shape index (κ3) is 6.35. The zero-order valence-corrected chi connectivity index (χ0v) is 17.8. The lowest BCUT2D eigenvalue weighted by Crippen LogP contribution is -2.12. The second-order valence-corrected chi connectivity index (χ2v) is 7.96. The monoisotopic (exact) mass is 379 g/mol. The highest BCUT2D eigenvalue weighted by Gasteiger charge is 2.08. The summed E-state index contributed by atoms with van der Waals surface area (Å²) in [6.07, 6.45) is 9.09. The molecule has 0 saturated heterocycles. The fraction of sp³-hybridized carbons (Fsp3) is 0.400. The Morgan fingerprint density at radius 3 is 2.54 bits per heavy atom. The van der Waals surface area contributed by atoms with Gasteiger partial charge in [0.05, 0.1) is 6.10 Å². The van der Waals surface area contributed by atoms with E-state index in [4.69, 9.17) is 0 Å². The van der Waals surface area contributed by atoms with Crippen LogP contribution in [0.2, 0.25) is 0 Å². The van der Waals surface area contributed by atoms with Crippen molar-refractivity contribution in [2.75, 3.05) is 0 Å². The molecule has 1 heterocycles. The van der Waals surface area contributed by atoms with E-state index < -0.39 is 6.10 Å². The Kier molecular flexibility index (Phi) is 8.01. The lowest BCUT2D eigenvalue weighted by Gasteiger charge is -2.08. The molecule has 150 valence electrons. The summed E-state index contributed by atoms with van der Waals surface area (Å²) in [5.41, 5.74) is 6.43. The Morgan fingerprint density at radius 2 is 1.82 bits per heavy atom. The standard InChI is InChI=1S/C25H33NO2/c1-17(2)15-21(27)16-19(4)10-8-9-18(3)13-14-22-20(5)26-24-12-7-6-11-23(24)25(22)28/h6-7,10-13,15,21,27H,8-9,14,16H2,1-5H3,(H,26,28)/b18-13+,19-10+. The Bertz CT molecular complexity index is 956. The topological polar surface area (TPSA) is 53.1 Å². The zero-order valence-electron chi connectivity index (χ0n) is 17.8. The van der Waals surface area contributed by atoms with Crippen LogP contribution in [0.1, 0.15) is 58.2 Å². The van der Waals surface area contributed by atoms with Crippen LogP contribution in [-0.2, 0) is 6.42 Å². The van der Waals surface area contributed by atoms with Crippen LogP contribution < -0.4 is 5.43 Å². The maximum Gasteiger partial charge on any atom is 0.193 e. The Hall–Kier alpha value is -2.39. The number of benzene rings is 1. The molecule has 1 aromatic heterocycles. The molecule has 2 rings (SSSR count). The van der Waals surface area contributed by atoms with Crippen molar-refractivity contribution in [1.82, 2.24) is 4.98 Å². The number of pyridine rings is 1. The average Bonchev–Trinajstić information content (AvgIpc) is 2.60. The molecule has 2 aromatic rings. The Balaban J connectivity index is 1.98. The Morgan fingerprint density at radius 1 is 1.11 bits per heavy atom. The fourth-order valence-electron chi connectivity index (χ4n) is 3.43. The summed E-state index contributed by atoms with van der Waals surface area (Å²) in [6, 6.07) is 7.67. The van der Waals surface area contributed by atoms with Gasteiger partial charge >= 0.3 is 0 Å². The van der Waals surface area contributed by atoms with Crippen molar-refractivity contribution in [2.24, 2.45) is 0 Å². The highest BCUT2D eigenvalue weighted by atomic mass is 16.3. The minimum atomic E-state index is -0.402. The predicted molar refractivity (Wildman–Crippen MR) is 120 cm³/mol. The van der Waals surface area contributed by atoms with Gasteiger partial charge in [0.25, 0.3) is 0 Å². The second kappa shape index (κ2) is 10.2. The molecular weight excluding hydrogens is 346 g/mol. The number of rotatable bonds is 8. The number of para-hydroxylation sites is 1. The molecule has 0 amide bonds. The summed E-state index contributed by atoms with van der Waals surface area (Å²) in [6.45, 7) is 10.2. The summed E-state index contributed by atoms with van der Waals surface area (Å²) >= 11 is 0. The van der Waals surface area contributed by atoms with Gasteiger partial charge in [-0.05, 0) is 72.4 Å². The van der Waals surface area contributed by atoms with Gasteiger partial charge in [0.1, 0.15) is 0 Å². The molecule has 0 saturated carbocycles. The van der Waals surface area contributed by atoms with E-state index >= 15 is 0 Å². The lowest BCUT2D eigenvalue weighted by molar-refractivity contribution is 0.222. The number of aliphatic hydroxyl groups excluding tert-OH is 1. The summed E-state index contributed by atoms with van der Waals surface area (Å²) in [5, 5.41) is 10.7. The normalized spacial score (nSPS) is 13.6. The average molecular weight is 380 g/mol. The largest absolute Gasteiger partial charge is 0.389 e. The number of nitrogens with one attached hydrogen (secondary N) is 1. The first-order valence-corrected chi connectivity index (χ1v) is 10.0. The number of aryl methyl sites for hydroxylation is 1. The molecule has 1 atom stereocenters. The molecule has 3 nitrogen and oxygen atoms in total. The van der Waals surface area contributed by atoms with Crippen molar-refractivity contribution in [3.63, 3.8) is 0 Å². The predicted octanol–water partition coefficient (Wildman–Crippen LogP) is 5.77. The van der Waals surface area contributed by atoms with Crippen molar-refractivity contribution in [3.8, 4) is 0 Å². The molecule has 0 aliphatic carbocycles. The third-order valence-electron chi connectivity index (χ3n) is 4.96. The maximum absolute atomic E-state index is 12.8. The van der Waals surface area contributed by atoms with Crippen LogP contribution in [0.15, 0.2) is 64.0 Å². The van der Waals surface area contributed by atoms with E-state index in [1.165, 1.54) is 11.1 Å². The summed E-state index contributed by atoms with van der Waals surface area (Å²) in [5.74, 6) is 0. The number of aromatic amines is 1. The number of aromatic nitrogens is 1. The van der Waals surface area contributed by atoms with Crippen LogP contribution in [-0.4, -0.2) is 16.2 Å². The van der Waals surface area contributed by atoms with Gasteiger partial charge in [0.2, 0.25) is 0 Å². The second-order valence-electron chi connectivity index (χ2n) is 7.96. The summed E-state index contributed by atoms with van der Waals surface area (Å²) in [4.78, 5) is 16.1. The van der Waals surface area contributed by atoms with Gasteiger partial charge in [-0.2, -0.15) is 0 Å². The van der Waals surface area contributed by atoms with Gasteiger partial charge in [-0.25, -0.2) is 0 Å². The summed E-state index contributed by atoms with van der Waals surface area (Å²) in [7, 11) is 0. The quantitative estimate of drug-likeness (QED) is 0.572. The first-order chi connectivity index (χ1) is 13.3. The van der Waals surface area contributed by atoms with Crippen molar-refractivity contribution < 1.29 is 5.11 Å². The molecule has 0 aliphatic heterocycles. The third-order valence-corrected chi connectivity index (χ3v) is 4.96. The minimum Gasteiger partial charge on any atom is -0.389 e. The van der Waals surface area contributed by atoms with Crippen molar-refractivity contribution >= 4 is 10.9 Å². The van der Waals surface area contributed by atoms with E-state index in [1.807, 2.05) is 51.1 Å². The Labute approximate surface area is 168 Å². The first-order valence-electron chi connectivity index (χ1n) is 10.0. The molecule has 3 heteroatoms.